The molecule has 18 heavy (non-hydrogen) atoms. The maximum Gasteiger partial charge on any atom is 0.123 e. The van der Waals surface area contributed by atoms with E-state index in [1.54, 1.807) is 6.07 Å². The highest BCUT2D eigenvalue weighted by Gasteiger charge is 2.11. The summed E-state index contributed by atoms with van der Waals surface area (Å²) in [4.78, 5) is 0.935. The summed E-state index contributed by atoms with van der Waals surface area (Å²) in [5.74, 6) is -0.228. The number of halogens is 2. The Bertz CT molecular complexity index is 524. The minimum Gasteiger partial charge on any atom is -0.313 e. The van der Waals surface area contributed by atoms with E-state index in [-0.39, 0.29) is 5.82 Å². The third-order valence-electron chi connectivity index (χ3n) is 2.68. The van der Waals surface area contributed by atoms with Gasteiger partial charge in [-0.05, 0) is 42.1 Å². The van der Waals surface area contributed by atoms with Crippen LogP contribution in [0.3, 0.4) is 0 Å². The topological polar surface area (TPSA) is 12.0 Å². The van der Waals surface area contributed by atoms with Gasteiger partial charge in [-0.3, -0.25) is 0 Å². The Labute approximate surface area is 116 Å². The molecule has 0 unspecified atom stereocenters. The molecule has 0 aliphatic carbocycles. The first kappa shape index (κ1) is 13.5. The third kappa shape index (κ3) is 3.10. The van der Waals surface area contributed by atoms with Crippen molar-refractivity contribution in [1.82, 2.24) is 5.32 Å². The number of rotatable bonds is 5. The van der Waals surface area contributed by atoms with Crippen LogP contribution < -0.4 is 5.32 Å². The van der Waals surface area contributed by atoms with Gasteiger partial charge >= 0.3 is 0 Å². The van der Waals surface area contributed by atoms with Crippen LogP contribution in [0.2, 0.25) is 5.02 Å². The molecule has 0 aliphatic rings. The van der Waals surface area contributed by atoms with Crippen molar-refractivity contribution in [3.8, 4) is 10.4 Å². The Kier molecular flexibility index (Phi) is 4.75. The van der Waals surface area contributed by atoms with Crippen LogP contribution in [0.1, 0.15) is 18.9 Å². The van der Waals surface area contributed by atoms with E-state index in [0.29, 0.717) is 5.02 Å². The normalized spacial score (nSPS) is 10.8. The van der Waals surface area contributed by atoms with Crippen LogP contribution in [0.5, 0.6) is 0 Å². The first-order valence-electron chi connectivity index (χ1n) is 5.95. The quantitative estimate of drug-likeness (QED) is 0.784. The summed E-state index contributed by atoms with van der Waals surface area (Å²) in [5, 5.41) is 5.94. The van der Waals surface area contributed by atoms with Crippen molar-refractivity contribution >= 4 is 22.9 Å². The maximum absolute atomic E-state index is 13.4. The SMILES string of the molecule is CCCNCc1ccc(F)cc1-c1sccc1Cl. The molecule has 2 aromatic rings. The molecule has 1 heterocycles. The molecule has 1 aromatic carbocycles. The molecule has 2 rings (SSSR count). The lowest BCUT2D eigenvalue weighted by atomic mass is 10.1. The zero-order chi connectivity index (χ0) is 13.0. The van der Waals surface area contributed by atoms with Gasteiger partial charge in [0.05, 0.1) is 9.90 Å². The lowest BCUT2D eigenvalue weighted by Crippen LogP contribution is -2.14. The van der Waals surface area contributed by atoms with Crippen molar-refractivity contribution in [2.45, 2.75) is 19.9 Å². The summed E-state index contributed by atoms with van der Waals surface area (Å²) in [5.41, 5.74) is 1.97. The molecule has 0 saturated carbocycles. The van der Waals surface area contributed by atoms with Gasteiger partial charge in [-0.25, -0.2) is 4.39 Å². The highest BCUT2D eigenvalue weighted by atomic mass is 35.5. The Morgan fingerprint density at radius 3 is 2.83 bits per heavy atom. The molecule has 1 aromatic heterocycles. The van der Waals surface area contributed by atoms with Gasteiger partial charge in [0.25, 0.3) is 0 Å². The largest absolute Gasteiger partial charge is 0.313 e. The molecule has 0 aliphatic heterocycles. The van der Waals surface area contributed by atoms with Crippen molar-refractivity contribution < 1.29 is 4.39 Å². The Morgan fingerprint density at radius 2 is 2.17 bits per heavy atom. The number of thiophene rings is 1. The number of hydrogen-bond donors (Lipinski definition) is 1. The minimum absolute atomic E-state index is 0.228. The fourth-order valence-corrected chi connectivity index (χ4v) is 3.01. The lowest BCUT2D eigenvalue weighted by molar-refractivity contribution is 0.625. The average molecular weight is 284 g/mol. The second kappa shape index (κ2) is 6.32. The van der Waals surface area contributed by atoms with E-state index in [4.69, 9.17) is 11.6 Å². The van der Waals surface area contributed by atoms with E-state index >= 15 is 0 Å². The third-order valence-corrected chi connectivity index (χ3v) is 4.05. The van der Waals surface area contributed by atoms with Gasteiger partial charge in [-0.1, -0.05) is 24.6 Å². The first-order chi connectivity index (χ1) is 8.72. The van der Waals surface area contributed by atoms with Gasteiger partial charge in [-0.15, -0.1) is 11.3 Å². The zero-order valence-corrected chi connectivity index (χ0v) is 11.7. The predicted octanol–water partition coefficient (Wildman–Crippen LogP) is 4.71. The number of benzene rings is 1. The van der Waals surface area contributed by atoms with Crippen LogP contribution in [-0.2, 0) is 6.54 Å². The van der Waals surface area contributed by atoms with Gasteiger partial charge in [0, 0.05) is 12.1 Å². The van der Waals surface area contributed by atoms with Crippen molar-refractivity contribution in [3.05, 3.63) is 46.0 Å². The van der Waals surface area contributed by atoms with Crippen LogP contribution in [0, 0.1) is 5.82 Å². The summed E-state index contributed by atoms with van der Waals surface area (Å²) in [6, 6.07) is 6.72. The molecule has 0 saturated heterocycles. The van der Waals surface area contributed by atoms with Gasteiger partial charge in [0.1, 0.15) is 5.82 Å². The molecule has 1 nitrogen and oxygen atoms in total. The minimum atomic E-state index is -0.228. The molecule has 0 fully saturated rings. The van der Waals surface area contributed by atoms with Crippen molar-refractivity contribution in [3.63, 3.8) is 0 Å². The second-order valence-corrected chi connectivity index (χ2v) is 5.40. The summed E-state index contributed by atoms with van der Waals surface area (Å²) >= 11 is 7.67. The van der Waals surface area contributed by atoms with Crippen LogP contribution in [0.4, 0.5) is 4.39 Å². The summed E-state index contributed by atoms with van der Waals surface area (Å²) < 4.78 is 13.4. The van der Waals surface area contributed by atoms with Gasteiger partial charge in [-0.2, -0.15) is 0 Å². The van der Waals surface area contributed by atoms with E-state index in [9.17, 15) is 4.39 Å². The first-order valence-corrected chi connectivity index (χ1v) is 7.20. The summed E-state index contributed by atoms with van der Waals surface area (Å²) in [7, 11) is 0. The van der Waals surface area contributed by atoms with E-state index in [0.717, 1.165) is 35.5 Å². The molecule has 4 heteroatoms. The Balaban J connectivity index is 2.32. The van der Waals surface area contributed by atoms with Crippen molar-refractivity contribution in [2.24, 2.45) is 0 Å². The summed E-state index contributed by atoms with van der Waals surface area (Å²) in [6.07, 6.45) is 1.08. The number of nitrogens with one attached hydrogen (secondary N) is 1. The standard InChI is InChI=1S/C14H15ClFNS/c1-2-6-17-9-10-3-4-11(16)8-12(10)14-13(15)5-7-18-14/h3-5,7-8,17H,2,6,9H2,1H3. The Morgan fingerprint density at radius 1 is 1.33 bits per heavy atom. The fourth-order valence-electron chi connectivity index (χ4n) is 1.80. The van der Waals surface area contributed by atoms with Gasteiger partial charge in [0.2, 0.25) is 0 Å². The van der Waals surface area contributed by atoms with E-state index in [1.807, 2.05) is 17.5 Å². The van der Waals surface area contributed by atoms with Gasteiger partial charge in [0.15, 0.2) is 0 Å². The number of hydrogen-bond acceptors (Lipinski definition) is 2. The zero-order valence-electron chi connectivity index (χ0n) is 10.2. The average Bonchev–Trinajstić information content (AvgIpc) is 2.77. The molecule has 0 radical (unpaired) electrons. The molecule has 1 N–H and O–H groups in total. The maximum atomic E-state index is 13.4. The molecule has 0 atom stereocenters. The molecule has 0 bridgehead atoms. The fraction of sp³-hybridized carbons (Fsp3) is 0.286. The highest BCUT2D eigenvalue weighted by molar-refractivity contribution is 7.14. The summed E-state index contributed by atoms with van der Waals surface area (Å²) in [6.45, 7) is 3.81. The van der Waals surface area contributed by atoms with Crippen LogP contribution in [0.25, 0.3) is 10.4 Å². The molecular weight excluding hydrogens is 269 g/mol. The smallest absolute Gasteiger partial charge is 0.123 e. The van der Waals surface area contributed by atoms with Crippen molar-refractivity contribution in [1.29, 1.82) is 0 Å². The predicted molar refractivity (Wildman–Crippen MR) is 76.7 cm³/mol. The second-order valence-electron chi connectivity index (χ2n) is 4.08. The lowest BCUT2D eigenvalue weighted by Gasteiger charge is -2.10. The van der Waals surface area contributed by atoms with E-state index < -0.39 is 0 Å². The van der Waals surface area contributed by atoms with Crippen LogP contribution in [0.15, 0.2) is 29.6 Å². The van der Waals surface area contributed by atoms with Crippen LogP contribution >= 0.6 is 22.9 Å². The van der Waals surface area contributed by atoms with Gasteiger partial charge < -0.3 is 5.32 Å². The Hall–Kier alpha value is -0.900. The van der Waals surface area contributed by atoms with Crippen molar-refractivity contribution in [2.75, 3.05) is 6.54 Å². The van der Waals surface area contributed by atoms with E-state index in [1.165, 1.54) is 17.4 Å². The molecule has 0 spiro atoms. The monoisotopic (exact) mass is 283 g/mol. The molecule has 96 valence electrons. The molecule has 0 amide bonds. The molecular formula is C14H15ClFNS. The van der Waals surface area contributed by atoms with Crippen LogP contribution in [-0.4, -0.2) is 6.54 Å². The van der Waals surface area contributed by atoms with E-state index in [2.05, 4.69) is 12.2 Å². The highest BCUT2D eigenvalue weighted by Crippen LogP contribution is 2.35.